The smallest absolute Gasteiger partial charge is 0.358 e. The van der Waals surface area contributed by atoms with Gasteiger partial charge in [0.1, 0.15) is 5.69 Å². The van der Waals surface area contributed by atoms with Crippen molar-refractivity contribution in [2.45, 2.75) is 13.5 Å². The van der Waals surface area contributed by atoms with Gasteiger partial charge in [0.05, 0.1) is 16.9 Å². The minimum absolute atomic E-state index is 0.0264. The highest BCUT2D eigenvalue weighted by molar-refractivity contribution is 5.92. The van der Waals surface area contributed by atoms with Crippen LogP contribution in [0.3, 0.4) is 0 Å². The van der Waals surface area contributed by atoms with Crippen molar-refractivity contribution in [1.29, 1.82) is 0 Å². The Kier molecular flexibility index (Phi) is 4.09. The molecule has 1 N–H and O–H groups in total. The van der Waals surface area contributed by atoms with Crippen LogP contribution in [0, 0.1) is 28.7 Å². The molecule has 0 saturated carbocycles. The van der Waals surface area contributed by atoms with E-state index >= 15 is 0 Å². The lowest BCUT2D eigenvalue weighted by molar-refractivity contribution is -0.389. The molecule has 0 atom stereocenters. The number of hydrogen-bond donors (Lipinski definition) is 1. The summed E-state index contributed by atoms with van der Waals surface area (Å²) in [6.45, 7) is 1.60. The SMILES string of the molecule is Cc1cc(C(=O)NCc2ccc(F)c(F)c2)nc2cc([N+](=O)[O-])nn12. The van der Waals surface area contributed by atoms with Crippen LogP contribution in [0.15, 0.2) is 30.3 Å². The first-order valence-electron chi connectivity index (χ1n) is 7.09. The second kappa shape index (κ2) is 6.23. The molecule has 0 bridgehead atoms. The average molecular weight is 347 g/mol. The first kappa shape index (κ1) is 16.4. The van der Waals surface area contributed by atoms with E-state index in [1.165, 1.54) is 16.6 Å². The summed E-state index contributed by atoms with van der Waals surface area (Å²) in [6.07, 6.45) is 0. The number of aryl methyl sites for hydroxylation is 1. The van der Waals surface area contributed by atoms with Crippen LogP contribution in [0.1, 0.15) is 21.7 Å². The molecule has 0 aliphatic heterocycles. The van der Waals surface area contributed by atoms with Crippen molar-refractivity contribution in [3.63, 3.8) is 0 Å². The van der Waals surface area contributed by atoms with E-state index in [0.29, 0.717) is 11.3 Å². The van der Waals surface area contributed by atoms with Crippen LogP contribution in [-0.4, -0.2) is 25.4 Å². The molecule has 2 aromatic heterocycles. The van der Waals surface area contributed by atoms with Crippen molar-refractivity contribution in [1.82, 2.24) is 19.9 Å². The number of fused-ring (bicyclic) bond motifs is 1. The van der Waals surface area contributed by atoms with Gasteiger partial charge in [-0.1, -0.05) is 6.07 Å². The molecule has 1 amide bonds. The minimum atomic E-state index is -1.01. The topological polar surface area (TPSA) is 102 Å². The third kappa shape index (κ3) is 3.27. The number of benzene rings is 1. The zero-order chi connectivity index (χ0) is 18.1. The van der Waals surface area contributed by atoms with Crippen LogP contribution in [0.5, 0.6) is 0 Å². The van der Waals surface area contributed by atoms with Gasteiger partial charge < -0.3 is 15.4 Å². The van der Waals surface area contributed by atoms with Crippen molar-refractivity contribution >= 4 is 17.4 Å². The molecule has 0 unspecified atom stereocenters. The fourth-order valence-corrected chi connectivity index (χ4v) is 2.24. The van der Waals surface area contributed by atoms with Crippen molar-refractivity contribution in [2.75, 3.05) is 0 Å². The van der Waals surface area contributed by atoms with Gasteiger partial charge in [0.25, 0.3) is 5.91 Å². The normalized spacial score (nSPS) is 10.8. The number of halogens is 2. The quantitative estimate of drug-likeness (QED) is 0.575. The van der Waals surface area contributed by atoms with Gasteiger partial charge in [-0.25, -0.2) is 13.8 Å². The van der Waals surface area contributed by atoms with Gasteiger partial charge in [-0.2, -0.15) is 0 Å². The summed E-state index contributed by atoms with van der Waals surface area (Å²) in [5, 5.41) is 17.1. The van der Waals surface area contributed by atoms with E-state index in [4.69, 9.17) is 0 Å². The van der Waals surface area contributed by atoms with Crippen molar-refractivity contribution in [3.05, 3.63) is 69.0 Å². The molecule has 8 nitrogen and oxygen atoms in total. The molecule has 0 aliphatic rings. The zero-order valence-corrected chi connectivity index (χ0v) is 12.9. The number of nitrogens with zero attached hydrogens (tertiary/aromatic N) is 4. The molecule has 3 rings (SSSR count). The molecule has 0 aliphatic carbocycles. The molecule has 0 saturated heterocycles. The zero-order valence-electron chi connectivity index (χ0n) is 12.9. The second-order valence-electron chi connectivity index (χ2n) is 5.24. The van der Waals surface area contributed by atoms with E-state index in [0.717, 1.165) is 18.2 Å². The predicted molar refractivity (Wildman–Crippen MR) is 81.9 cm³/mol. The molecular formula is C15H11F2N5O3. The Balaban J connectivity index is 1.81. The monoisotopic (exact) mass is 347 g/mol. The maximum Gasteiger partial charge on any atom is 0.392 e. The van der Waals surface area contributed by atoms with Gasteiger partial charge in [-0.15, -0.1) is 4.52 Å². The Morgan fingerprint density at radius 2 is 2.04 bits per heavy atom. The Hall–Kier alpha value is -3.43. The fourth-order valence-electron chi connectivity index (χ4n) is 2.24. The van der Waals surface area contributed by atoms with E-state index in [2.05, 4.69) is 15.4 Å². The highest BCUT2D eigenvalue weighted by atomic mass is 19.2. The Morgan fingerprint density at radius 3 is 2.72 bits per heavy atom. The van der Waals surface area contributed by atoms with Crippen molar-refractivity contribution < 1.29 is 18.5 Å². The third-order valence-electron chi connectivity index (χ3n) is 3.45. The van der Waals surface area contributed by atoms with Crippen LogP contribution in [0.4, 0.5) is 14.6 Å². The average Bonchev–Trinajstić information content (AvgIpc) is 3.00. The van der Waals surface area contributed by atoms with E-state index in [1.807, 2.05) is 0 Å². The number of rotatable bonds is 4. The third-order valence-corrected chi connectivity index (χ3v) is 3.45. The molecule has 0 fully saturated rings. The molecule has 3 aromatic rings. The Morgan fingerprint density at radius 1 is 1.28 bits per heavy atom. The summed E-state index contributed by atoms with van der Waals surface area (Å²) < 4.78 is 27.3. The highest BCUT2D eigenvalue weighted by Crippen LogP contribution is 2.14. The fraction of sp³-hybridized carbons (Fsp3) is 0.133. The lowest BCUT2D eigenvalue weighted by Gasteiger charge is -2.06. The van der Waals surface area contributed by atoms with Crippen LogP contribution in [0.2, 0.25) is 0 Å². The molecule has 1 aromatic carbocycles. The van der Waals surface area contributed by atoms with Gasteiger partial charge >= 0.3 is 5.82 Å². The van der Waals surface area contributed by atoms with Gasteiger partial charge in [0.15, 0.2) is 17.3 Å². The summed E-state index contributed by atoms with van der Waals surface area (Å²) in [7, 11) is 0. The number of aromatic nitrogens is 3. The highest BCUT2D eigenvalue weighted by Gasteiger charge is 2.18. The Labute approximate surface area is 139 Å². The standard InChI is InChI=1S/C15H11F2N5O3/c1-8-4-12(19-13-6-14(22(24)25)20-21(8)13)15(23)18-7-9-2-3-10(16)11(17)5-9/h2-6H,7H2,1H3,(H,18,23). The van der Waals surface area contributed by atoms with E-state index < -0.39 is 22.5 Å². The van der Waals surface area contributed by atoms with Crippen LogP contribution >= 0.6 is 0 Å². The second-order valence-corrected chi connectivity index (χ2v) is 5.24. The molecule has 25 heavy (non-hydrogen) atoms. The summed E-state index contributed by atoms with van der Waals surface area (Å²) >= 11 is 0. The van der Waals surface area contributed by atoms with Gasteiger partial charge in [-0.05, 0) is 35.6 Å². The first-order chi connectivity index (χ1) is 11.8. The summed E-state index contributed by atoms with van der Waals surface area (Å²) in [5.74, 6) is -2.91. The number of amides is 1. The molecule has 0 spiro atoms. The van der Waals surface area contributed by atoms with Crippen molar-refractivity contribution in [3.8, 4) is 0 Å². The predicted octanol–water partition coefficient (Wildman–Crippen LogP) is 2.15. The number of carbonyl (C=O) groups is 1. The molecule has 0 radical (unpaired) electrons. The number of nitro groups is 1. The largest absolute Gasteiger partial charge is 0.392 e. The lowest BCUT2D eigenvalue weighted by atomic mass is 10.2. The molecule has 10 heteroatoms. The number of carbonyl (C=O) groups excluding carboxylic acids is 1. The minimum Gasteiger partial charge on any atom is -0.358 e. The maximum absolute atomic E-state index is 13.2. The maximum atomic E-state index is 13.2. The number of hydrogen-bond acceptors (Lipinski definition) is 5. The molecular weight excluding hydrogens is 336 g/mol. The van der Waals surface area contributed by atoms with Crippen LogP contribution in [-0.2, 0) is 6.54 Å². The lowest BCUT2D eigenvalue weighted by Crippen LogP contribution is -2.24. The van der Waals surface area contributed by atoms with Crippen LogP contribution in [0.25, 0.3) is 5.65 Å². The molecule has 128 valence electrons. The Bertz CT molecular complexity index is 1000. The van der Waals surface area contributed by atoms with Gasteiger partial charge in [0, 0.05) is 6.54 Å². The molecule has 2 heterocycles. The first-order valence-corrected chi connectivity index (χ1v) is 7.09. The summed E-state index contributed by atoms with van der Waals surface area (Å²) in [6, 6.07) is 5.87. The summed E-state index contributed by atoms with van der Waals surface area (Å²) in [4.78, 5) is 26.4. The van der Waals surface area contributed by atoms with E-state index in [-0.39, 0.29) is 23.7 Å². The number of nitrogens with one attached hydrogen (secondary N) is 1. The van der Waals surface area contributed by atoms with Crippen molar-refractivity contribution in [2.24, 2.45) is 0 Å². The van der Waals surface area contributed by atoms with E-state index in [9.17, 15) is 23.7 Å². The summed E-state index contributed by atoms with van der Waals surface area (Å²) in [5.41, 5.74) is 1.05. The van der Waals surface area contributed by atoms with Crippen LogP contribution < -0.4 is 5.32 Å². The van der Waals surface area contributed by atoms with Gasteiger partial charge in [-0.3, -0.25) is 4.79 Å². The van der Waals surface area contributed by atoms with E-state index in [1.54, 1.807) is 6.92 Å². The van der Waals surface area contributed by atoms with Gasteiger partial charge in [0.2, 0.25) is 0 Å².